The molecule has 0 unspecified atom stereocenters. The summed E-state index contributed by atoms with van der Waals surface area (Å²) in [6.07, 6.45) is 6.07. The van der Waals surface area contributed by atoms with Crippen LogP contribution in [0.25, 0.3) is 10.2 Å². The topological polar surface area (TPSA) is 44.3 Å². The van der Waals surface area contributed by atoms with Crippen LogP contribution >= 0.6 is 23.1 Å². The molecule has 33 heavy (non-hydrogen) atoms. The van der Waals surface area contributed by atoms with E-state index in [1.54, 1.807) is 0 Å². The second kappa shape index (κ2) is 11.2. The van der Waals surface area contributed by atoms with Gasteiger partial charge in [-0.05, 0) is 62.9 Å². The SMILES string of the molecule is CCN1CCN(CCCCNc2nc(CSc3ccccc3)nc3sc4c(c23)CCC4)CC1. The zero-order chi connectivity index (χ0) is 22.5. The Morgan fingerprint density at radius 1 is 1.00 bits per heavy atom. The van der Waals surface area contributed by atoms with E-state index in [9.17, 15) is 0 Å². The van der Waals surface area contributed by atoms with Crippen LogP contribution < -0.4 is 5.32 Å². The number of thioether (sulfide) groups is 1. The fraction of sp³-hybridized carbons (Fsp3) is 0.538. The van der Waals surface area contributed by atoms with Crippen LogP contribution in [0, 0.1) is 0 Å². The minimum Gasteiger partial charge on any atom is -0.369 e. The predicted molar refractivity (Wildman–Crippen MR) is 142 cm³/mol. The highest BCUT2D eigenvalue weighted by Crippen LogP contribution is 2.40. The molecule has 2 aliphatic rings. The van der Waals surface area contributed by atoms with Crippen LogP contribution in [-0.4, -0.2) is 65.6 Å². The minimum atomic E-state index is 0.806. The number of rotatable bonds is 10. The normalized spacial score (nSPS) is 17.0. The van der Waals surface area contributed by atoms with Crippen molar-refractivity contribution >= 4 is 39.1 Å². The maximum absolute atomic E-state index is 5.02. The first-order valence-electron chi connectivity index (χ1n) is 12.5. The Morgan fingerprint density at radius 3 is 2.64 bits per heavy atom. The number of likely N-dealkylation sites (N-methyl/N-ethyl adjacent to an activating group) is 1. The first-order valence-corrected chi connectivity index (χ1v) is 14.3. The molecule has 5 rings (SSSR count). The molecule has 1 fully saturated rings. The molecule has 1 aliphatic carbocycles. The minimum absolute atomic E-state index is 0.806. The number of aromatic nitrogens is 2. The smallest absolute Gasteiger partial charge is 0.142 e. The fourth-order valence-electron chi connectivity index (χ4n) is 4.89. The molecule has 176 valence electrons. The van der Waals surface area contributed by atoms with Gasteiger partial charge >= 0.3 is 0 Å². The second-order valence-corrected chi connectivity index (χ2v) is 11.2. The molecule has 2 aromatic heterocycles. The van der Waals surface area contributed by atoms with Crippen molar-refractivity contribution in [2.75, 3.05) is 51.1 Å². The fourth-order valence-corrected chi connectivity index (χ4v) is 6.95. The largest absolute Gasteiger partial charge is 0.369 e. The van der Waals surface area contributed by atoms with E-state index >= 15 is 0 Å². The third kappa shape index (κ3) is 5.70. The highest BCUT2D eigenvalue weighted by molar-refractivity contribution is 7.98. The van der Waals surface area contributed by atoms with Gasteiger partial charge in [0.05, 0.1) is 11.1 Å². The molecular formula is C26H35N5S2. The summed E-state index contributed by atoms with van der Waals surface area (Å²) in [5.41, 5.74) is 1.51. The number of piperazine rings is 1. The van der Waals surface area contributed by atoms with Crippen molar-refractivity contribution in [1.82, 2.24) is 19.8 Å². The number of anilines is 1. The van der Waals surface area contributed by atoms with Crippen LogP contribution in [-0.2, 0) is 18.6 Å². The Hall–Kier alpha value is -1.67. The molecule has 1 aliphatic heterocycles. The third-order valence-corrected chi connectivity index (χ3v) is 9.02. The summed E-state index contributed by atoms with van der Waals surface area (Å²) < 4.78 is 0. The Balaban J connectivity index is 1.20. The molecule has 0 bridgehead atoms. The van der Waals surface area contributed by atoms with E-state index in [-0.39, 0.29) is 0 Å². The summed E-state index contributed by atoms with van der Waals surface area (Å²) >= 11 is 3.70. The molecule has 3 aromatic rings. The average molecular weight is 482 g/mol. The van der Waals surface area contributed by atoms with Crippen molar-refractivity contribution in [2.45, 2.75) is 49.7 Å². The van der Waals surface area contributed by atoms with E-state index < -0.39 is 0 Å². The van der Waals surface area contributed by atoms with Crippen LogP contribution in [0.2, 0.25) is 0 Å². The number of nitrogens with zero attached hydrogens (tertiary/aromatic N) is 4. The van der Waals surface area contributed by atoms with Gasteiger partial charge in [0.25, 0.3) is 0 Å². The summed E-state index contributed by atoms with van der Waals surface area (Å²) in [6, 6.07) is 10.6. The van der Waals surface area contributed by atoms with Gasteiger partial charge in [0, 0.05) is 42.5 Å². The van der Waals surface area contributed by atoms with E-state index in [0.717, 1.165) is 23.9 Å². The highest BCUT2D eigenvalue weighted by Gasteiger charge is 2.22. The van der Waals surface area contributed by atoms with Gasteiger partial charge < -0.3 is 15.1 Å². The van der Waals surface area contributed by atoms with E-state index in [2.05, 4.69) is 52.4 Å². The first kappa shape index (κ1) is 23.1. The molecule has 0 radical (unpaired) electrons. The van der Waals surface area contributed by atoms with Crippen LogP contribution in [0.15, 0.2) is 35.2 Å². The van der Waals surface area contributed by atoms with Gasteiger partial charge in [-0.25, -0.2) is 9.97 Å². The maximum atomic E-state index is 5.02. The molecule has 1 saturated heterocycles. The summed E-state index contributed by atoms with van der Waals surface area (Å²) in [6.45, 7) is 10.5. The van der Waals surface area contributed by atoms with Gasteiger partial charge in [0.1, 0.15) is 16.5 Å². The number of aryl methyl sites for hydroxylation is 2. The van der Waals surface area contributed by atoms with Crippen molar-refractivity contribution in [3.8, 4) is 0 Å². The number of hydrogen-bond donors (Lipinski definition) is 1. The lowest BCUT2D eigenvalue weighted by Crippen LogP contribution is -2.46. The Labute approximate surface area is 206 Å². The lowest BCUT2D eigenvalue weighted by molar-refractivity contribution is 0.136. The summed E-state index contributed by atoms with van der Waals surface area (Å²) in [7, 11) is 0. The summed E-state index contributed by atoms with van der Waals surface area (Å²) in [5.74, 6) is 2.81. The molecular weight excluding hydrogens is 446 g/mol. The van der Waals surface area contributed by atoms with Gasteiger partial charge in [-0.2, -0.15) is 0 Å². The third-order valence-electron chi connectivity index (χ3n) is 6.83. The molecule has 0 spiro atoms. The van der Waals surface area contributed by atoms with E-state index in [4.69, 9.17) is 9.97 Å². The molecule has 3 heterocycles. The molecule has 5 nitrogen and oxygen atoms in total. The van der Waals surface area contributed by atoms with Gasteiger partial charge in [0.2, 0.25) is 0 Å². The monoisotopic (exact) mass is 481 g/mol. The molecule has 0 amide bonds. The number of nitrogens with one attached hydrogen (secondary N) is 1. The summed E-state index contributed by atoms with van der Waals surface area (Å²) in [5, 5.41) is 5.02. The predicted octanol–water partition coefficient (Wildman–Crippen LogP) is 5.30. The lowest BCUT2D eigenvalue weighted by atomic mass is 10.2. The van der Waals surface area contributed by atoms with Crippen molar-refractivity contribution in [3.05, 3.63) is 46.6 Å². The molecule has 0 saturated carbocycles. The molecule has 1 N–H and O–H groups in total. The van der Waals surface area contributed by atoms with E-state index in [1.807, 2.05) is 23.1 Å². The van der Waals surface area contributed by atoms with Gasteiger partial charge in [0.15, 0.2) is 0 Å². The maximum Gasteiger partial charge on any atom is 0.142 e. The molecule has 7 heteroatoms. The quantitative estimate of drug-likeness (QED) is 0.313. The lowest BCUT2D eigenvalue weighted by Gasteiger charge is -2.33. The number of hydrogen-bond acceptors (Lipinski definition) is 7. The number of unbranched alkanes of at least 4 members (excludes halogenated alkanes) is 1. The van der Waals surface area contributed by atoms with Gasteiger partial charge in [-0.1, -0.05) is 25.1 Å². The number of thiophene rings is 1. The Bertz CT molecular complexity index is 1040. The Morgan fingerprint density at radius 2 is 1.82 bits per heavy atom. The first-order chi connectivity index (χ1) is 16.3. The zero-order valence-corrected chi connectivity index (χ0v) is 21.3. The average Bonchev–Trinajstić information content (AvgIpc) is 3.45. The standard InChI is InChI=1S/C26H35N5S2/c1-2-30-15-17-31(18-16-30)14-7-6-13-27-25-24-21-11-8-12-22(21)33-26(24)29-23(28-25)19-32-20-9-4-3-5-10-20/h3-5,9-10H,2,6-8,11-19H2,1H3,(H,27,28,29). The van der Waals surface area contributed by atoms with Crippen LogP contribution in [0.3, 0.4) is 0 Å². The molecule has 1 aromatic carbocycles. The van der Waals surface area contributed by atoms with Crippen LogP contribution in [0.1, 0.15) is 42.5 Å². The van der Waals surface area contributed by atoms with Crippen LogP contribution in [0.4, 0.5) is 5.82 Å². The number of fused-ring (bicyclic) bond motifs is 3. The molecule has 0 atom stereocenters. The van der Waals surface area contributed by atoms with E-state index in [1.165, 1.54) is 96.9 Å². The number of benzene rings is 1. The van der Waals surface area contributed by atoms with Crippen LogP contribution in [0.5, 0.6) is 0 Å². The zero-order valence-electron chi connectivity index (χ0n) is 19.7. The van der Waals surface area contributed by atoms with Gasteiger partial charge in [-0.3, -0.25) is 0 Å². The van der Waals surface area contributed by atoms with Gasteiger partial charge in [-0.15, -0.1) is 23.1 Å². The Kier molecular flexibility index (Phi) is 7.82. The van der Waals surface area contributed by atoms with Crippen molar-refractivity contribution < 1.29 is 0 Å². The second-order valence-electron chi connectivity index (χ2n) is 9.04. The van der Waals surface area contributed by atoms with E-state index in [0.29, 0.717) is 0 Å². The van der Waals surface area contributed by atoms with Crippen molar-refractivity contribution in [2.24, 2.45) is 0 Å². The van der Waals surface area contributed by atoms with Crippen molar-refractivity contribution in [3.63, 3.8) is 0 Å². The van der Waals surface area contributed by atoms with Crippen molar-refractivity contribution in [1.29, 1.82) is 0 Å². The summed E-state index contributed by atoms with van der Waals surface area (Å²) in [4.78, 5) is 19.1. The highest BCUT2D eigenvalue weighted by atomic mass is 32.2.